The highest BCUT2D eigenvalue weighted by Crippen LogP contribution is 2.49. The van der Waals surface area contributed by atoms with E-state index in [0.29, 0.717) is 0 Å². The van der Waals surface area contributed by atoms with Crippen LogP contribution in [0.15, 0.2) is 200 Å². The van der Waals surface area contributed by atoms with Gasteiger partial charge in [0.05, 0.1) is 16.7 Å². The highest BCUT2D eigenvalue weighted by molar-refractivity contribution is 7.26. The van der Waals surface area contributed by atoms with Gasteiger partial charge in [-0.05, 0) is 120 Å². The molecule has 0 amide bonds. The molecule has 9 aromatic carbocycles. The van der Waals surface area contributed by atoms with Crippen LogP contribution < -0.4 is 4.90 Å². The molecule has 0 fully saturated rings. The minimum Gasteiger partial charge on any atom is -0.310 e. The van der Waals surface area contributed by atoms with Gasteiger partial charge in [0, 0.05) is 59.1 Å². The third kappa shape index (κ3) is 5.93. The average molecular weight is 787 g/mol. The van der Waals surface area contributed by atoms with Gasteiger partial charge < -0.3 is 9.47 Å². The normalized spacial score (nSPS) is 11.6. The van der Waals surface area contributed by atoms with Crippen molar-refractivity contribution >= 4 is 70.4 Å². The van der Waals surface area contributed by atoms with E-state index in [0.717, 1.165) is 11.4 Å². The standard InChI is InChI=1S/C57H42N2S/c1-37-34-55(39(3)33-48(37)41-20-8-5-9-21-41)58(51-31-30-42(32-38(51)2)40-18-6-4-7-19-40)43-35-49(57-50(36-43)47-25-13-17-29-56(47)60-57)46-24-12-16-28-54(46)59-52-26-14-10-22-44(52)45-23-11-15-27-53(45)59/h4-36H,1-3H3. The second kappa shape index (κ2) is 14.6. The highest BCUT2D eigenvalue weighted by Gasteiger charge is 2.24. The van der Waals surface area contributed by atoms with E-state index in [1.54, 1.807) is 0 Å². The van der Waals surface area contributed by atoms with E-state index >= 15 is 0 Å². The van der Waals surface area contributed by atoms with Crippen molar-refractivity contribution in [3.63, 3.8) is 0 Å². The van der Waals surface area contributed by atoms with Crippen LogP contribution in [0.5, 0.6) is 0 Å². The van der Waals surface area contributed by atoms with Crippen LogP contribution in [0.3, 0.4) is 0 Å². The molecule has 0 bridgehead atoms. The molecule has 0 aliphatic carbocycles. The lowest BCUT2D eigenvalue weighted by atomic mass is 9.95. The van der Waals surface area contributed by atoms with Gasteiger partial charge in [-0.25, -0.2) is 0 Å². The molecule has 3 heteroatoms. The maximum atomic E-state index is 2.51. The molecular formula is C57H42N2S. The van der Waals surface area contributed by atoms with Gasteiger partial charge in [0.2, 0.25) is 0 Å². The van der Waals surface area contributed by atoms with Gasteiger partial charge in [0.25, 0.3) is 0 Å². The van der Waals surface area contributed by atoms with E-state index in [1.165, 1.54) is 103 Å². The molecular weight excluding hydrogens is 745 g/mol. The number of nitrogens with zero attached hydrogens (tertiary/aromatic N) is 2. The van der Waals surface area contributed by atoms with Crippen LogP contribution in [0.4, 0.5) is 17.1 Å². The summed E-state index contributed by atoms with van der Waals surface area (Å²) >= 11 is 1.89. The Bertz CT molecular complexity index is 3360. The molecule has 0 radical (unpaired) electrons. The zero-order chi connectivity index (χ0) is 40.3. The number of aryl methyl sites for hydroxylation is 3. The predicted molar refractivity (Wildman–Crippen MR) is 259 cm³/mol. The molecule has 2 heterocycles. The third-order valence-corrected chi connectivity index (χ3v) is 13.4. The van der Waals surface area contributed by atoms with Gasteiger partial charge in [-0.1, -0.05) is 140 Å². The van der Waals surface area contributed by atoms with Crippen molar-refractivity contribution in [2.24, 2.45) is 0 Å². The Morgan fingerprint density at radius 1 is 0.383 bits per heavy atom. The third-order valence-electron chi connectivity index (χ3n) is 12.1. The Hall–Kier alpha value is -7.20. The largest absolute Gasteiger partial charge is 0.310 e. The SMILES string of the molecule is Cc1cc(N(c2cc(-c3ccccc3-n3c4ccccc4c4ccccc43)c3sc4ccccc4c3c2)c2ccc(-c3ccccc3)cc2C)c(C)cc1-c1ccccc1. The van der Waals surface area contributed by atoms with Crippen molar-refractivity contribution in [3.05, 3.63) is 217 Å². The first-order chi connectivity index (χ1) is 29.5. The minimum atomic E-state index is 1.13. The lowest BCUT2D eigenvalue weighted by molar-refractivity contribution is 1.18. The number of hydrogen-bond donors (Lipinski definition) is 0. The summed E-state index contributed by atoms with van der Waals surface area (Å²) in [6.07, 6.45) is 0. The summed E-state index contributed by atoms with van der Waals surface area (Å²) < 4.78 is 5.04. The fraction of sp³-hybridized carbons (Fsp3) is 0.0526. The van der Waals surface area contributed by atoms with Crippen LogP contribution in [0, 0.1) is 20.8 Å². The molecule has 2 aromatic heterocycles. The molecule has 0 aliphatic heterocycles. The summed E-state index contributed by atoms with van der Waals surface area (Å²) in [6, 6.07) is 73.5. The molecule has 0 spiro atoms. The number of thiophene rings is 1. The fourth-order valence-electron chi connectivity index (χ4n) is 9.31. The summed E-state index contributed by atoms with van der Waals surface area (Å²) in [6.45, 7) is 6.77. The molecule has 11 aromatic rings. The maximum Gasteiger partial charge on any atom is 0.0541 e. The summed E-state index contributed by atoms with van der Waals surface area (Å²) in [5.41, 5.74) is 18.0. The quantitative estimate of drug-likeness (QED) is 0.156. The van der Waals surface area contributed by atoms with Crippen LogP contribution >= 0.6 is 11.3 Å². The number of benzene rings is 9. The monoisotopic (exact) mass is 786 g/mol. The fourth-order valence-corrected chi connectivity index (χ4v) is 10.5. The lowest BCUT2D eigenvalue weighted by Gasteiger charge is -2.30. The van der Waals surface area contributed by atoms with Crippen molar-refractivity contribution in [1.82, 2.24) is 4.57 Å². The summed E-state index contributed by atoms with van der Waals surface area (Å²) in [7, 11) is 0. The molecule has 0 atom stereocenters. The van der Waals surface area contributed by atoms with Crippen LogP contribution in [-0.2, 0) is 0 Å². The van der Waals surface area contributed by atoms with E-state index in [2.05, 4.69) is 230 Å². The number of aromatic nitrogens is 1. The summed E-state index contributed by atoms with van der Waals surface area (Å²) in [5, 5.41) is 5.06. The van der Waals surface area contributed by atoms with Crippen LogP contribution in [-0.4, -0.2) is 4.57 Å². The second-order valence-electron chi connectivity index (χ2n) is 15.9. The van der Waals surface area contributed by atoms with Gasteiger partial charge in [-0.15, -0.1) is 11.3 Å². The molecule has 286 valence electrons. The first-order valence-electron chi connectivity index (χ1n) is 20.7. The lowest BCUT2D eigenvalue weighted by Crippen LogP contribution is -2.13. The summed E-state index contributed by atoms with van der Waals surface area (Å²) in [5.74, 6) is 0. The van der Waals surface area contributed by atoms with Crippen LogP contribution in [0.2, 0.25) is 0 Å². The Morgan fingerprint density at radius 3 is 1.70 bits per heavy atom. The number of rotatable bonds is 7. The van der Waals surface area contributed by atoms with Crippen LogP contribution in [0.25, 0.3) is 81.0 Å². The zero-order valence-electron chi connectivity index (χ0n) is 33.9. The smallest absolute Gasteiger partial charge is 0.0541 e. The van der Waals surface area contributed by atoms with Crippen molar-refractivity contribution in [1.29, 1.82) is 0 Å². The molecule has 2 nitrogen and oxygen atoms in total. The van der Waals surface area contributed by atoms with Crippen molar-refractivity contribution in [2.45, 2.75) is 20.8 Å². The maximum absolute atomic E-state index is 2.51. The van der Waals surface area contributed by atoms with Crippen molar-refractivity contribution < 1.29 is 0 Å². The second-order valence-corrected chi connectivity index (χ2v) is 16.9. The van der Waals surface area contributed by atoms with Gasteiger partial charge in [0.15, 0.2) is 0 Å². The number of anilines is 3. The number of hydrogen-bond acceptors (Lipinski definition) is 2. The minimum absolute atomic E-state index is 1.13. The van der Waals surface area contributed by atoms with E-state index < -0.39 is 0 Å². The number of para-hydroxylation sites is 3. The molecule has 60 heavy (non-hydrogen) atoms. The van der Waals surface area contributed by atoms with Crippen LogP contribution in [0.1, 0.15) is 16.7 Å². The van der Waals surface area contributed by atoms with E-state index in [9.17, 15) is 0 Å². The molecule has 0 saturated carbocycles. The topological polar surface area (TPSA) is 8.17 Å². The first kappa shape index (κ1) is 35.9. The zero-order valence-corrected chi connectivity index (χ0v) is 34.7. The Morgan fingerprint density at radius 2 is 0.983 bits per heavy atom. The van der Waals surface area contributed by atoms with E-state index in [4.69, 9.17) is 0 Å². The Labute approximate surface area is 354 Å². The predicted octanol–water partition coefficient (Wildman–Crippen LogP) is 16.5. The van der Waals surface area contributed by atoms with Gasteiger partial charge in [0.1, 0.15) is 0 Å². The molecule has 11 rings (SSSR count). The van der Waals surface area contributed by atoms with Gasteiger partial charge >= 0.3 is 0 Å². The molecule has 0 N–H and O–H groups in total. The first-order valence-corrected chi connectivity index (χ1v) is 21.5. The molecule has 0 unspecified atom stereocenters. The molecule has 0 aliphatic rings. The number of fused-ring (bicyclic) bond motifs is 6. The van der Waals surface area contributed by atoms with Gasteiger partial charge in [-0.2, -0.15) is 0 Å². The van der Waals surface area contributed by atoms with Crippen molar-refractivity contribution in [2.75, 3.05) is 4.90 Å². The van der Waals surface area contributed by atoms with Gasteiger partial charge in [-0.3, -0.25) is 0 Å². The summed E-state index contributed by atoms with van der Waals surface area (Å²) in [4.78, 5) is 2.51. The molecule has 0 saturated heterocycles. The highest BCUT2D eigenvalue weighted by atomic mass is 32.1. The van der Waals surface area contributed by atoms with E-state index in [1.807, 2.05) is 11.3 Å². The Balaban J connectivity index is 1.20. The van der Waals surface area contributed by atoms with E-state index in [-0.39, 0.29) is 0 Å². The Kier molecular flexibility index (Phi) is 8.72. The van der Waals surface area contributed by atoms with Crippen molar-refractivity contribution in [3.8, 4) is 39.1 Å². The average Bonchev–Trinajstić information content (AvgIpc) is 3.84.